The topological polar surface area (TPSA) is 75.1 Å². The Morgan fingerprint density at radius 1 is 1.12 bits per heavy atom. The number of carbonyl (C=O) groups excluding carboxylic acids is 1. The fourth-order valence-corrected chi connectivity index (χ4v) is 5.90. The van der Waals surface area contributed by atoms with E-state index in [-0.39, 0.29) is 23.2 Å². The van der Waals surface area contributed by atoms with Gasteiger partial charge in [-0.05, 0) is 98.9 Å². The number of nitrogens with zero attached hydrogens (tertiary/aromatic N) is 4. The highest BCUT2D eigenvalue weighted by atomic mass is 19.4. The molecule has 7 nitrogen and oxygen atoms in total. The molecule has 1 atom stereocenters. The maximum absolute atomic E-state index is 14.2. The molecule has 0 spiro atoms. The van der Waals surface area contributed by atoms with E-state index in [0.29, 0.717) is 30.3 Å². The predicted molar refractivity (Wildman–Crippen MR) is 154 cm³/mol. The average molecular weight is 569 g/mol. The van der Waals surface area contributed by atoms with Crippen molar-refractivity contribution in [2.45, 2.75) is 84.1 Å². The fourth-order valence-electron chi connectivity index (χ4n) is 5.90. The lowest BCUT2D eigenvalue weighted by molar-refractivity contribution is -0.138. The first-order chi connectivity index (χ1) is 19.5. The molecule has 0 unspecified atom stereocenters. The van der Waals surface area contributed by atoms with Gasteiger partial charge in [0.1, 0.15) is 12.2 Å². The number of hydrogen-bond donors (Lipinski definition) is 2. The second-order valence-corrected chi connectivity index (χ2v) is 12.0. The lowest BCUT2D eigenvalue weighted by Crippen LogP contribution is -2.47. The molecule has 2 aromatic carbocycles. The molecule has 1 saturated carbocycles. The first kappa shape index (κ1) is 29.1. The molecule has 0 bridgehead atoms. The highest BCUT2D eigenvalue weighted by Gasteiger charge is 2.41. The monoisotopic (exact) mass is 568 g/mol. The molecular weight excluding hydrogens is 529 g/mol. The zero-order valence-corrected chi connectivity index (χ0v) is 24.2. The lowest BCUT2D eigenvalue weighted by atomic mass is 9.78. The number of alkyl halides is 3. The molecule has 2 N–H and O–H groups in total. The smallest absolute Gasteiger partial charge is 0.385 e. The van der Waals surface area contributed by atoms with E-state index < -0.39 is 17.6 Å². The maximum atomic E-state index is 14.2. The Kier molecular flexibility index (Phi) is 8.14. The Morgan fingerprint density at radius 2 is 1.90 bits per heavy atom. The van der Waals surface area contributed by atoms with E-state index in [0.717, 1.165) is 55.6 Å². The molecule has 0 radical (unpaired) electrons. The number of halogens is 3. The summed E-state index contributed by atoms with van der Waals surface area (Å²) in [5, 5.41) is 14.8. The third kappa shape index (κ3) is 6.42. The summed E-state index contributed by atoms with van der Waals surface area (Å²) in [5.74, 6) is 0.862. The van der Waals surface area contributed by atoms with Crippen LogP contribution in [0.25, 0.3) is 0 Å². The first-order valence-corrected chi connectivity index (χ1v) is 14.5. The van der Waals surface area contributed by atoms with Crippen LogP contribution in [0.15, 0.2) is 36.7 Å². The zero-order valence-electron chi connectivity index (χ0n) is 24.2. The minimum Gasteiger partial charge on any atom is -0.385 e. The number of nitrogens with one attached hydrogen (secondary N) is 2. The van der Waals surface area contributed by atoms with E-state index in [2.05, 4.69) is 40.7 Å². The molecule has 1 aliphatic carbocycles. The summed E-state index contributed by atoms with van der Waals surface area (Å²) in [4.78, 5) is 15.2. The number of hydrogen-bond acceptors (Lipinski definition) is 5. The van der Waals surface area contributed by atoms with Crippen molar-refractivity contribution in [2.75, 3.05) is 16.8 Å². The Hall–Kier alpha value is -3.40. The van der Waals surface area contributed by atoms with Crippen molar-refractivity contribution < 1.29 is 18.0 Å². The van der Waals surface area contributed by atoms with Gasteiger partial charge in [-0.1, -0.05) is 6.92 Å². The third-order valence-corrected chi connectivity index (χ3v) is 8.50. The molecule has 3 aromatic rings. The van der Waals surface area contributed by atoms with Crippen LogP contribution in [0.5, 0.6) is 0 Å². The normalized spacial score (nSPS) is 17.0. The van der Waals surface area contributed by atoms with Gasteiger partial charge in [0, 0.05) is 49.0 Å². The van der Waals surface area contributed by atoms with Gasteiger partial charge in [-0.2, -0.15) is 13.2 Å². The Morgan fingerprint density at radius 3 is 2.54 bits per heavy atom. The van der Waals surface area contributed by atoms with Crippen LogP contribution in [-0.4, -0.2) is 32.8 Å². The van der Waals surface area contributed by atoms with E-state index in [4.69, 9.17) is 0 Å². The zero-order chi connectivity index (χ0) is 29.4. The molecule has 220 valence electrons. The SMILES string of the molecule is CCNc1cc(C[C@H](C)CCc2nncn2C)cc(N2Cc3c(cc(CNC4(C)CCC4)cc3C(F)(F)F)C2=O)c1. The van der Waals surface area contributed by atoms with E-state index in [9.17, 15) is 18.0 Å². The van der Waals surface area contributed by atoms with Crippen LogP contribution in [0.2, 0.25) is 0 Å². The van der Waals surface area contributed by atoms with Gasteiger partial charge in [0.15, 0.2) is 0 Å². The molecule has 5 rings (SSSR count). The minimum atomic E-state index is -4.55. The van der Waals surface area contributed by atoms with Crippen molar-refractivity contribution in [2.24, 2.45) is 13.0 Å². The number of anilines is 2. The molecule has 41 heavy (non-hydrogen) atoms. The molecule has 10 heteroatoms. The first-order valence-electron chi connectivity index (χ1n) is 14.5. The predicted octanol–water partition coefficient (Wildman–Crippen LogP) is 6.27. The quantitative estimate of drug-likeness (QED) is 0.285. The highest BCUT2D eigenvalue weighted by Crippen LogP contribution is 2.40. The van der Waals surface area contributed by atoms with Crippen LogP contribution < -0.4 is 15.5 Å². The van der Waals surface area contributed by atoms with Crippen molar-refractivity contribution in [3.8, 4) is 0 Å². The summed E-state index contributed by atoms with van der Waals surface area (Å²) < 4.78 is 44.6. The number of aryl methyl sites for hydroxylation is 2. The van der Waals surface area contributed by atoms with Crippen molar-refractivity contribution in [1.29, 1.82) is 0 Å². The van der Waals surface area contributed by atoms with Crippen molar-refractivity contribution >= 4 is 17.3 Å². The maximum Gasteiger partial charge on any atom is 0.416 e. The van der Waals surface area contributed by atoms with Crippen molar-refractivity contribution in [3.63, 3.8) is 0 Å². The summed E-state index contributed by atoms with van der Waals surface area (Å²) in [7, 11) is 1.93. The number of rotatable bonds is 11. The molecule has 0 saturated heterocycles. The molecule has 2 heterocycles. The minimum absolute atomic E-state index is 0.0496. The van der Waals surface area contributed by atoms with E-state index in [1.165, 1.54) is 11.0 Å². The lowest BCUT2D eigenvalue weighted by Gasteiger charge is -2.39. The molecular formula is C31H39F3N6O. The summed E-state index contributed by atoms with van der Waals surface area (Å²) in [6.45, 7) is 7.13. The van der Waals surface area contributed by atoms with E-state index in [1.54, 1.807) is 12.4 Å². The van der Waals surface area contributed by atoms with Crippen LogP contribution in [0.1, 0.15) is 84.9 Å². The third-order valence-electron chi connectivity index (χ3n) is 8.50. The van der Waals surface area contributed by atoms with Crippen LogP contribution in [-0.2, 0) is 39.2 Å². The largest absolute Gasteiger partial charge is 0.416 e. The summed E-state index contributed by atoms with van der Waals surface area (Å²) in [6.07, 6.45) is 2.73. The number of benzene rings is 2. The van der Waals surface area contributed by atoms with Gasteiger partial charge in [0.2, 0.25) is 0 Å². The van der Waals surface area contributed by atoms with Gasteiger partial charge in [0.25, 0.3) is 5.91 Å². The second-order valence-electron chi connectivity index (χ2n) is 12.0. The Labute approximate surface area is 239 Å². The number of carbonyl (C=O) groups is 1. The second kappa shape index (κ2) is 11.5. The summed E-state index contributed by atoms with van der Waals surface area (Å²) in [6, 6.07) is 8.71. The van der Waals surface area contributed by atoms with Gasteiger partial charge < -0.3 is 20.1 Å². The molecule has 1 fully saturated rings. The Balaban J connectivity index is 1.39. The van der Waals surface area contributed by atoms with Crippen molar-refractivity contribution in [1.82, 2.24) is 20.1 Å². The molecule has 1 aliphatic heterocycles. The Bertz CT molecular complexity index is 1410. The molecule has 1 amide bonds. The van der Waals surface area contributed by atoms with Gasteiger partial charge in [-0.15, -0.1) is 10.2 Å². The summed E-state index contributed by atoms with van der Waals surface area (Å²) >= 11 is 0. The van der Waals surface area contributed by atoms with E-state index in [1.807, 2.05) is 30.7 Å². The fraction of sp³-hybridized carbons (Fsp3) is 0.516. The number of fused-ring (bicyclic) bond motifs is 1. The standard InChI is InChI=1S/C31H39F3N6O/c1-5-35-23-12-21(11-20(2)7-8-28-38-37-19-39(28)4)13-24(16-23)40-18-26-25(29(40)41)14-22(15-27(26)31(32,33)34)17-36-30(3)9-6-10-30/h12-16,19-20,35-36H,5-11,17-18H2,1-4H3/t20-/m1/s1. The van der Waals surface area contributed by atoms with Gasteiger partial charge in [0.05, 0.1) is 12.1 Å². The van der Waals surface area contributed by atoms with Crippen molar-refractivity contribution in [3.05, 3.63) is 70.3 Å². The van der Waals surface area contributed by atoms with Crippen LogP contribution in [0, 0.1) is 5.92 Å². The molecule has 2 aliphatic rings. The number of amides is 1. The highest BCUT2D eigenvalue weighted by molar-refractivity contribution is 6.10. The molecule has 1 aromatic heterocycles. The van der Waals surface area contributed by atoms with Crippen LogP contribution >= 0.6 is 0 Å². The van der Waals surface area contributed by atoms with Gasteiger partial charge in [-0.25, -0.2) is 0 Å². The van der Waals surface area contributed by atoms with Crippen LogP contribution in [0.4, 0.5) is 24.5 Å². The number of aromatic nitrogens is 3. The average Bonchev–Trinajstić information content (AvgIpc) is 3.46. The van der Waals surface area contributed by atoms with Crippen LogP contribution in [0.3, 0.4) is 0 Å². The van der Waals surface area contributed by atoms with Gasteiger partial charge in [-0.3, -0.25) is 4.79 Å². The van der Waals surface area contributed by atoms with Gasteiger partial charge >= 0.3 is 6.18 Å². The summed E-state index contributed by atoms with van der Waals surface area (Å²) in [5.41, 5.74) is 2.38. The van der Waals surface area contributed by atoms with E-state index >= 15 is 0 Å².